The van der Waals surface area contributed by atoms with Crippen LogP contribution in [0.3, 0.4) is 0 Å². The molecule has 1 aliphatic rings. The number of rotatable bonds is 3. The van der Waals surface area contributed by atoms with Gasteiger partial charge in [0.15, 0.2) is 0 Å². The number of methoxy groups -OCH3 is 1. The van der Waals surface area contributed by atoms with Gasteiger partial charge in [0, 0.05) is 46.8 Å². The smallest absolute Gasteiger partial charge is 0.337 e. The van der Waals surface area contributed by atoms with Crippen LogP contribution in [-0.4, -0.2) is 41.1 Å². The van der Waals surface area contributed by atoms with Crippen LogP contribution in [-0.2, 0) is 9.47 Å². The molecule has 0 atom stereocenters. The van der Waals surface area contributed by atoms with Gasteiger partial charge in [0.25, 0.3) is 0 Å². The minimum absolute atomic E-state index is 0.230. The fraction of sp³-hybridized carbons (Fsp3) is 0.200. The maximum absolute atomic E-state index is 13.9. The average Bonchev–Trinajstić information content (AvgIpc) is 3.53. The van der Waals surface area contributed by atoms with Gasteiger partial charge >= 0.3 is 5.97 Å². The number of halogens is 1. The zero-order chi connectivity index (χ0) is 25.4. The first-order chi connectivity index (χ1) is 18.1. The number of nitrogens with one attached hydrogen (secondary N) is 1. The molecular weight excluding hydrogens is 469 g/mol. The number of fused-ring (bicyclic) bond motifs is 2. The topological polar surface area (TPSA) is 69.1 Å². The Bertz CT molecular complexity index is 1670. The summed E-state index contributed by atoms with van der Waals surface area (Å²) < 4.78 is 26.5. The molecule has 3 heterocycles. The van der Waals surface area contributed by atoms with E-state index in [4.69, 9.17) is 9.47 Å². The van der Waals surface area contributed by atoms with Crippen molar-refractivity contribution in [1.29, 1.82) is 0 Å². The number of aromatic amines is 1. The molecule has 2 aromatic heterocycles. The molecule has 0 radical (unpaired) electrons. The summed E-state index contributed by atoms with van der Waals surface area (Å²) in [5.74, 6) is 6.33. The molecule has 1 fully saturated rings. The Morgan fingerprint density at radius 3 is 2.57 bits per heavy atom. The molecule has 0 bridgehead atoms. The lowest BCUT2D eigenvalue weighted by molar-refractivity contribution is 0.0600. The van der Waals surface area contributed by atoms with Crippen molar-refractivity contribution >= 4 is 27.8 Å². The zero-order valence-corrected chi connectivity index (χ0v) is 20.3. The van der Waals surface area contributed by atoms with Crippen LogP contribution in [0.1, 0.15) is 45.9 Å². The lowest BCUT2D eigenvalue weighted by atomic mass is 9.92. The van der Waals surface area contributed by atoms with E-state index in [1.54, 1.807) is 30.5 Å². The molecule has 1 N–H and O–H groups in total. The van der Waals surface area contributed by atoms with Crippen LogP contribution in [0, 0.1) is 17.7 Å². The quantitative estimate of drug-likeness (QED) is 0.258. The summed E-state index contributed by atoms with van der Waals surface area (Å²) in [6.45, 7) is 1.37. The predicted octanol–water partition coefficient (Wildman–Crippen LogP) is 5.73. The van der Waals surface area contributed by atoms with E-state index >= 15 is 0 Å². The fourth-order valence-corrected chi connectivity index (χ4v) is 5.04. The van der Waals surface area contributed by atoms with Crippen LogP contribution in [0.5, 0.6) is 0 Å². The summed E-state index contributed by atoms with van der Waals surface area (Å²) in [5.41, 5.74) is 6.09. The lowest BCUT2D eigenvalue weighted by Gasteiger charge is -2.25. The summed E-state index contributed by atoms with van der Waals surface area (Å²) in [7, 11) is 1.36. The Morgan fingerprint density at radius 2 is 1.84 bits per heavy atom. The Hall–Kier alpha value is -4.41. The number of H-pyrrole nitrogens is 1. The zero-order valence-electron chi connectivity index (χ0n) is 20.3. The van der Waals surface area contributed by atoms with Gasteiger partial charge in [-0.05, 0) is 73.5 Å². The van der Waals surface area contributed by atoms with Crippen LogP contribution in [0.25, 0.3) is 27.5 Å². The van der Waals surface area contributed by atoms with Crippen LogP contribution >= 0.6 is 0 Å². The normalized spacial score (nSPS) is 14.0. The van der Waals surface area contributed by atoms with Gasteiger partial charge in [-0.15, -0.1) is 0 Å². The molecule has 0 spiro atoms. The first-order valence-corrected chi connectivity index (χ1v) is 12.2. The van der Waals surface area contributed by atoms with Gasteiger partial charge in [-0.2, -0.15) is 5.10 Å². The Balaban J connectivity index is 1.59. The van der Waals surface area contributed by atoms with E-state index in [1.165, 1.54) is 19.2 Å². The van der Waals surface area contributed by atoms with Crippen LogP contribution < -0.4 is 0 Å². The van der Waals surface area contributed by atoms with Gasteiger partial charge in [-0.1, -0.05) is 11.8 Å². The molecule has 184 valence electrons. The maximum Gasteiger partial charge on any atom is 0.337 e. The van der Waals surface area contributed by atoms with Crippen molar-refractivity contribution in [3.8, 4) is 17.5 Å². The van der Waals surface area contributed by atoms with Crippen molar-refractivity contribution in [2.24, 2.45) is 0 Å². The summed E-state index contributed by atoms with van der Waals surface area (Å²) in [4.78, 5) is 11.8. The van der Waals surface area contributed by atoms with E-state index in [1.807, 2.05) is 12.1 Å². The molecule has 6 rings (SSSR count). The summed E-state index contributed by atoms with van der Waals surface area (Å²) >= 11 is 0. The van der Waals surface area contributed by atoms with Crippen LogP contribution in [0.2, 0.25) is 0 Å². The number of ether oxygens (including phenoxy) is 2. The Labute approximate surface area is 213 Å². The number of benzene rings is 3. The molecule has 37 heavy (non-hydrogen) atoms. The highest BCUT2D eigenvalue weighted by Crippen LogP contribution is 2.39. The van der Waals surface area contributed by atoms with E-state index in [2.05, 4.69) is 38.7 Å². The monoisotopic (exact) mass is 493 g/mol. The highest BCUT2D eigenvalue weighted by Gasteiger charge is 2.27. The third-order valence-corrected chi connectivity index (χ3v) is 6.89. The first-order valence-electron chi connectivity index (χ1n) is 12.2. The van der Waals surface area contributed by atoms with Gasteiger partial charge < -0.3 is 14.0 Å². The molecule has 5 aromatic rings. The van der Waals surface area contributed by atoms with E-state index in [0.29, 0.717) is 18.8 Å². The highest BCUT2D eigenvalue weighted by atomic mass is 19.1. The van der Waals surface area contributed by atoms with Crippen molar-refractivity contribution in [3.63, 3.8) is 0 Å². The highest BCUT2D eigenvalue weighted by molar-refractivity contribution is 6.00. The number of carbonyl (C=O) groups excluding carboxylic acids is 1. The number of hydrogen-bond donors (Lipinski definition) is 1. The van der Waals surface area contributed by atoms with Crippen LogP contribution in [0.4, 0.5) is 4.39 Å². The van der Waals surface area contributed by atoms with Gasteiger partial charge in [0.05, 0.1) is 35.5 Å². The molecular formula is C30H24FN3O3. The van der Waals surface area contributed by atoms with Crippen LogP contribution in [0.15, 0.2) is 66.9 Å². The minimum atomic E-state index is -0.382. The maximum atomic E-state index is 13.9. The second kappa shape index (κ2) is 9.57. The molecule has 3 aromatic carbocycles. The molecule has 0 amide bonds. The van der Waals surface area contributed by atoms with Crippen molar-refractivity contribution < 1.29 is 18.7 Å². The van der Waals surface area contributed by atoms with Gasteiger partial charge in [0.2, 0.25) is 0 Å². The van der Waals surface area contributed by atoms with Crippen molar-refractivity contribution in [1.82, 2.24) is 14.8 Å². The molecule has 1 saturated heterocycles. The second-order valence-electron chi connectivity index (χ2n) is 9.10. The standard InChI is InChI=1S/C30H24FN3O3/c1-36-30(35)21-5-2-19(3-6-21)4-11-25-26-17-27-22(18-32-33-27)16-28(26)34(24-9-7-23(31)8-10-24)29(25)20-12-14-37-15-13-20/h2-3,5-10,16-18,20H,12-15H2,1H3,(H,32,33). The summed E-state index contributed by atoms with van der Waals surface area (Å²) in [5, 5.41) is 9.27. The number of esters is 1. The first kappa shape index (κ1) is 23.0. The molecule has 0 aliphatic carbocycles. The molecule has 1 aliphatic heterocycles. The lowest BCUT2D eigenvalue weighted by Crippen LogP contribution is -2.17. The predicted molar refractivity (Wildman–Crippen MR) is 139 cm³/mol. The van der Waals surface area contributed by atoms with Gasteiger partial charge in [-0.25, -0.2) is 9.18 Å². The number of carbonyl (C=O) groups is 1. The SMILES string of the molecule is COC(=O)c1ccc(C#Cc2c(C3CCOCC3)n(-c3ccc(F)cc3)c3cc4cn[nH]c4cc23)cc1. The summed E-state index contributed by atoms with van der Waals surface area (Å²) in [6, 6.07) is 17.8. The van der Waals surface area contributed by atoms with Crippen molar-refractivity contribution in [2.45, 2.75) is 18.8 Å². The summed E-state index contributed by atoms with van der Waals surface area (Å²) in [6.07, 6.45) is 3.55. The van der Waals surface area contributed by atoms with Crippen molar-refractivity contribution in [2.75, 3.05) is 20.3 Å². The molecule has 6 nitrogen and oxygen atoms in total. The van der Waals surface area contributed by atoms with Crippen molar-refractivity contribution in [3.05, 3.63) is 95.1 Å². The van der Waals surface area contributed by atoms with E-state index in [9.17, 15) is 9.18 Å². The minimum Gasteiger partial charge on any atom is -0.465 e. The van der Waals surface area contributed by atoms with E-state index < -0.39 is 0 Å². The van der Waals surface area contributed by atoms with Gasteiger partial charge in [-0.3, -0.25) is 5.10 Å². The number of nitrogens with zero attached hydrogens (tertiary/aromatic N) is 2. The molecule has 7 heteroatoms. The molecule has 0 saturated carbocycles. The Kier molecular flexibility index (Phi) is 5.95. The Morgan fingerprint density at radius 1 is 1.08 bits per heavy atom. The number of aromatic nitrogens is 3. The molecule has 0 unspecified atom stereocenters. The largest absolute Gasteiger partial charge is 0.465 e. The van der Waals surface area contributed by atoms with E-state index in [-0.39, 0.29) is 17.7 Å². The van der Waals surface area contributed by atoms with E-state index in [0.717, 1.165) is 57.2 Å². The second-order valence-corrected chi connectivity index (χ2v) is 9.10. The average molecular weight is 494 g/mol. The van der Waals surface area contributed by atoms with Gasteiger partial charge in [0.1, 0.15) is 5.82 Å². The number of hydrogen-bond acceptors (Lipinski definition) is 4. The third kappa shape index (κ3) is 4.26. The third-order valence-electron chi connectivity index (χ3n) is 6.89. The fourth-order valence-electron chi connectivity index (χ4n) is 5.04.